The molecule has 1 amide bonds. The maximum atomic E-state index is 12.8. The van der Waals surface area contributed by atoms with Gasteiger partial charge in [-0.15, -0.1) is 0 Å². The first-order valence-corrected chi connectivity index (χ1v) is 9.47. The number of aliphatic hydroxyl groups is 1. The number of methoxy groups -OCH3 is 1. The van der Waals surface area contributed by atoms with E-state index in [0.717, 1.165) is 24.0 Å². The summed E-state index contributed by atoms with van der Waals surface area (Å²) in [6.07, 6.45) is 1.68. The van der Waals surface area contributed by atoms with Crippen molar-refractivity contribution in [3.05, 3.63) is 70.8 Å². The van der Waals surface area contributed by atoms with Gasteiger partial charge < -0.3 is 14.7 Å². The molecule has 0 radical (unpaired) electrons. The van der Waals surface area contributed by atoms with Crippen LogP contribution >= 0.6 is 0 Å². The molecule has 1 atom stereocenters. The number of Topliss-reactive ketones (excluding diaryl/α,β-unsaturated/α-hetero) is 1. The average molecular weight is 379 g/mol. The standard InChI is InChI=1S/C23H25NO4/c1-4-5-14-24-20(16-10-12-18(28-3)13-11-16)19(22(26)23(24)27)21(25)17-8-6-15(2)7-9-17/h6-13,20,25H,4-5,14H2,1-3H3/b21-19+. The van der Waals surface area contributed by atoms with E-state index in [4.69, 9.17) is 4.74 Å². The number of hydrogen-bond acceptors (Lipinski definition) is 4. The highest BCUT2D eigenvalue weighted by Crippen LogP contribution is 2.39. The summed E-state index contributed by atoms with van der Waals surface area (Å²) in [4.78, 5) is 27.1. The van der Waals surface area contributed by atoms with Crippen LogP contribution in [0.5, 0.6) is 5.75 Å². The van der Waals surface area contributed by atoms with Gasteiger partial charge in [-0.3, -0.25) is 9.59 Å². The first kappa shape index (κ1) is 19.7. The van der Waals surface area contributed by atoms with Gasteiger partial charge in [0.05, 0.1) is 18.7 Å². The molecule has 1 fully saturated rings. The molecular formula is C23H25NO4. The van der Waals surface area contributed by atoms with Gasteiger partial charge in [0.25, 0.3) is 11.7 Å². The maximum Gasteiger partial charge on any atom is 0.295 e. The number of nitrogens with zero attached hydrogens (tertiary/aromatic N) is 1. The van der Waals surface area contributed by atoms with E-state index in [0.29, 0.717) is 17.9 Å². The molecule has 0 bridgehead atoms. The van der Waals surface area contributed by atoms with Crippen LogP contribution in [0.15, 0.2) is 54.1 Å². The summed E-state index contributed by atoms with van der Waals surface area (Å²) in [5.74, 6) is -0.663. The Balaban J connectivity index is 2.13. The second-order valence-corrected chi connectivity index (χ2v) is 6.99. The molecule has 0 spiro atoms. The molecule has 0 aliphatic carbocycles. The number of amides is 1. The highest BCUT2D eigenvalue weighted by molar-refractivity contribution is 6.46. The van der Waals surface area contributed by atoms with Gasteiger partial charge in [-0.2, -0.15) is 0 Å². The number of hydrogen-bond donors (Lipinski definition) is 1. The highest BCUT2D eigenvalue weighted by Gasteiger charge is 2.45. The van der Waals surface area contributed by atoms with E-state index < -0.39 is 17.7 Å². The van der Waals surface area contributed by atoms with Crippen molar-refractivity contribution < 1.29 is 19.4 Å². The van der Waals surface area contributed by atoms with Gasteiger partial charge in [-0.25, -0.2) is 0 Å². The van der Waals surface area contributed by atoms with E-state index in [1.807, 2.05) is 38.1 Å². The Labute approximate surface area is 165 Å². The SMILES string of the molecule is CCCCN1C(=O)C(=O)/C(=C(/O)c2ccc(C)cc2)C1c1ccc(OC)cc1. The zero-order valence-corrected chi connectivity index (χ0v) is 16.4. The summed E-state index contributed by atoms with van der Waals surface area (Å²) >= 11 is 0. The largest absolute Gasteiger partial charge is 0.507 e. The smallest absolute Gasteiger partial charge is 0.295 e. The predicted molar refractivity (Wildman–Crippen MR) is 108 cm³/mol. The van der Waals surface area contributed by atoms with Crippen LogP contribution in [-0.2, 0) is 9.59 Å². The van der Waals surface area contributed by atoms with Crippen molar-refractivity contribution >= 4 is 17.4 Å². The second kappa shape index (κ2) is 8.30. The molecule has 2 aromatic rings. The molecule has 3 rings (SSSR count). The lowest BCUT2D eigenvalue weighted by molar-refractivity contribution is -0.139. The van der Waals surface area contributed by atoms with E-state index in [1.165, 1.54) is 0 Å². The fourth-order valence-corrected chi connectivity index (χ4v) is 3.44. The highest BCUT2D eigenvalue weighted by atomic mass is 16.5. The molecule has 28 heavy (non-hydrogen) atoms. The van der Waals surface area contributed by atoms with Gasteiger partial charge in [0.2, 0.25) is 0 Å². The Bertz CT molecular complexity index is 897. The minimum Gasteiger partial charge on any atom is -0.507 e. The van der Waals surface area contributed by atoms with Crippen LogP contribution in [0, 0.1) is 6.92 Å². The second-order valence-electron chi connectivity index (χ2n) is 6.99. The first-order valence-electron chi connectivity index (χ1n) is 9.47. The monoisotopic (exact) mass is 379 g/mol. The van der Waals surface area contributed by atoms with Gasteiger partial charge in [-0.05, 0) is 31.0 Å². The molecule has 2 aromatic carbocycles. The van der Waals surface area contributed by atoms with Gasteiger partial charge in [0, 0.05) is 12.1 Å². The summed E-state index contributed by atoms with van der Waals surface area (Å²) in [5, 5.41) is 10.9. The van der Waals surface area contributed by atoms with Gasteiger partial charge in [-0.1, -0.05) is 55.3 Å². The molecule has 1 unspecified atom stereocenters. The molecule has 5 nitrogen and oxygen atoms in total. The van der Waals surface area contributed by atoms with Crippen LogP contribution in [0.3, 0.4) is 0 Å². The number of ether oxygens (including phenoxy) is 1. The van der Waals surface area contributed by atoms with Crippen molar-refractivity contribution in [3.8, 4) is 5.75 Å². The van der Waals surface area contributed by atoms with E-state index >= 15 is 0 Å². The maximum absolute atomic E-state index is 12.8. The number of rotatable bonds is 6. The minimum absolute atomic E-state index is 0.134. The lowest BCUT2D eigenvalue weighted by Crippen LogP contribution is -2.30. The van der Waals surface area contributed by atoms with Gasteiger partial charge in [0.15, 0.2) is 0 Å². The first-order chi connectivity index (χ1) is 13.5. The van der Waals surface area contributed by atoms with Crippen LogP contribution in [0.4, 0.5) is 0 Å². The number of carbonyl (C=O) groups is 2. The third kappa shape index (κ3) is 3.65. The van der Waals surface area contributed by atoms with Crippen molar-refractivity contribution in [2.24, 2.45) is 0 Å². The van der Waals surface area contributed by atoms with E-state index in [9.17, 15) is 14.7 Å². The Morgan fingerprint density at radius 3 is 2.29 bits per heavy atom. The Hall–Kier alpha value is -3.08. The number of ketones is 1. The van der Waals surface area contributed by atoms with E-state index in [2.05, 4.69) is 0 Å². The quantitative estimate of drug-likeness (QED) is 0.463. The third-order valence-electron chi connectivity index (χ3n) is 5.05. The van der Waals surface area contributed by atoms with E-state index in [-0.39, 0.29) is 11.3 Å². The normalized spacial score (nSPS) is 18.5. The average Bonchev–Trinajstić information content (AvgIpc) is 2.97. The molecule has 146 valence electrons. The van der Waals surface area contributed by atoms with Crippen molar-refractivity contribution in [2.45, 2.75) is 32.7 Å². The molecule has 1 heterocycles. The third-order valence-corrected chi connectivity index (χ3v) is 5.05. The van der Waals surface area contributed by atoms with Crippen molar-refractivity contribution in [1.82, 2.24) is 4.90 Å². The number of benzene rings is 2. The zero-order chi connectivity index (χ0) is 20.3. The molecule has 1 saturated heterocycles. The molecule has 1 aliphatic rings. The number of aliphatic hydroxyl groups excluding tert-OH is 1. The molecule has 0 saturated carbocycles. The number of carbonyl (C=O) groups excluding carboxylic acids is 2. The summed E-state index contributed by atoms with van der Waals surface area (Å²) in [5.41, 5.74) is 2.48. The van der Waals surface area contributed by atoms with Crippen LogP contribution in [-0.4, -0.2) is 35.4 Å². The fourth-order valence-electron chi connectivity index (χ4n) is 3.44. The van der Waals surface area contributed by atoms with Gasteiger partial charge in [0.1, 0.15) is 11.5 Å². The lowest BCUT2D eigenvalue weighted by Gasteiger charge is -2.25. The molecule has 5 heteroatoms. The summed E-state index contributed by atoms with van der Waals surface area (Å²) < 4.78 is 5.21. The predicted octanol–water partition coefficient (Wildman–Crippen LogP) is 4.23. The number of unbranched alkanes of at least 4 members (excludes halogenated alkanes) is 1. The van der Waals surface area contributed by atoms with Crippen LogP contribution in [0.2, 0.25) is 0 Å². The van der Waals surface area contributed by atoms with Crippen LogP contribution in [0.25, 0.3) is 5.76 Å². The van der Waals surface area contributed by atoms with E-state index in [1.54, 1.807) is 36.3 Å². The molecular weight excluding hydrogens is 354 g/mol. The molecule has 1 N–H and O–H groups in total. The molecule has 0 aromatic heterocycles. The zero-order valence-electron chi connectivity index (χ0n) is 16.4. The summed E-state index contributed by atoms with van der Waals surface area (Å²) in [7, 11) is 1.58. The van der Waals surface area contributed by atoms with Crippen molar-refractivity contribution in [2.75, 3.05) is 13.7 Å². The topological polar surface area (TPSA) is 66.8 Å². The van der Waals surface area contributed by atoms with Gasteiger partial charge >= 0.3 is 0 Å². The number of aryl methyl sites for hydroxylation is 1. The Morgan fingerprint density at radius 2 is 1.71 bits per heavy atom. The number of likely N-dealkylation sites (tertiary alicyclic amines) is 1. The molecule has 1 aliphatic heterocycles. The lowest BCUT2D eigenvalue weighted by atomic mass is 9.95. The Kier molecular flexibility index (Phi) is 5.83. The fraction of sp³-hybridized carbons (Fsp3) is 0.304. The van der Waals surface area contributed by atoms with Crippen molar-refractivity contribution in [3.63, 3.8) is 0 Å². The minimum atomic E-state index is -0.644. The summed E-state index contributed by atoms with van der Waals surface area (Å²) in [6, 6.07) is 13.9. The summed E-state index contributed by atoms with van der Waals surface area (Å²) in [6.45, 7) is 4.44. The van der Waals surface area contributed by atoms with Crippen LogP contribution in [0.1, 0.15) is 42.5 Å². The van der Waals surface area contributed by atoms with Crippen molar-refractivity contribution in [1.29, 1.82) is 0 Å². The van der Waals surface area contributed by atoms with Crippen LogP contribution < -0.4 is 4.74 Å². The Morgan fingerprint density at radius 1 is 1.07 bits per heavy atom.